The lowest BCUT2D eigenvalue weighted by Gasteiger charge is -2.41. The third kappa shape index (κ3) is 3.37. The summed E-state index contributed by atoms with van der Waals surface area (Å²) < 4.78 is 6.28. The summed E-state index contributed by atoms with van der Waals surface area (Å²) in [5.74, 6) is 0.873. The van der Waals surface area contributed by atoms with Crippen molar-refractivity contribution in [1.29, 1.82) is 0 Å². The summed E-state index contributed by atoms with van der Waals surface area (Å²) in [7, 11) is 0. The fraction of sp³-hybridized carbons (Fsp3) is 0.350. The van der Waals surface area contributed by atoms with E-state index in [-0.39, 0.29) is 17.7 Å². The molecule has 2 aromatic carbocycles. The highest BCUT2D eigenvalue weighted by Gasteiger charge is 2.38. The van der Waals surface area contributed by atoms with Crippen LogP contribution in [-0.2, 0) is 0 Å². The SMILES string of the molecule is CCC1(CC)C[C@H](NC(=O)Nc2ccccc2)c2ccccc2O1. The molecule has 0 saturated carbocycles. The number of hydrogen-bond acceptors (Lipinski definition) is 2. The third-order valence-electron chi connectivity index (χ3n) is 4.82. The van der Waals surface area contributed by atoms with Gasteiger partial charge in [-0.15, -0.1) is 0 Å². The predicted octanol–water partition coefficient (Wildman–Crippen LogP) is 4.89. The molecule has 1 aliphatic rings. The smallest absolute Gasteiger partial charge is 0.319 e. The average molecular weight is 324 g/mol. The lowest BCUT2D eigenvalue weighted by Crippen LogP contribution is -2.45. The summed E-state index contributed by atoms with van der Waals surface area (Å²) in [6.45, 7) is 4.27. The fourth-order valence-electron chi connectivity index (χ4n) is 3.28. The number of carbonyl (C=O) groups is 1. The van der Waals surface area contributed by atoms with Crippen LogP contribution in [0.3, 0.4) is 0 Å². The predicted molar refractivity (Wildman–Crippen MR) is 96.3 cm³/mol. The number of para-hydroxylation sites is 2. The number of hydrogen-bond donors (Lipinski definition) is 2. The Labute approximate surface area is 143 Å². The topological polar surface area (TPSA) is 50.4 Å². The Morgan fingerprint density at radius 1 is 1.08 bits per heavy atom. The van der Waals surface area contributed by atoms with Crippen LogP contribution < -0.4 is 15.4 Å². The summed E-state index contributed by atoms with van der Waals surface area (Å²) in [5, 5.41) is 6.01. The van der Waals surface area contributed by atoms with Gasteiger partial charge >= 0.3 is 6.03 Å². The van der Waals surface area contributed by atoms with Crippen LogP contribution in [-0.4, -0.2) is 11.6 Å². The second-order valence-electron chi connectivity index (χ2n) is 6.25. The molecule has 1 heterocycles. The minimum absolute atomic E-state index is 0.0569. The molecule has 0 aromatic heterocycles. The van der Waals surface area contributed by atoms with Gasteiger partial charge in [-0.05, 0) is 31.0 Å². The maximum Gasteiger partial charge on any atom is 0.319 e. The summed E-state index contributed by atoms with van der Waals surface area (Å²) >= 11 is 0. The van der Waals surface area contributed by atoms with E-state index in [0.29, 0.717) is 0 Å². The number of fused-ring (bicyclic) bond motifs is 1. The van der Waals surface area contributed by atoms with E-state index in [2.05, 4.69) is 24.5 Å². The van der Waals surface area contributed by atoms with Gasteiger partial charge in [0.1, 0.15) is 11.4 Å². The van der Waals surface area contributed by atoms with Gasteiger partial charge in [-0.2, -0.15) is 0 Å². The summed E-state index contributed by atoms with van der Waals surface area (Å²) in [6, 6.07) is 17.2. The Bertz CT molecular complexity index is 696. The quantitative estimate of drug-likeness (QED) is 0.841. The van der Waals surface area contributed by atoms with Crippen molar-refractivity contribution >= 4 is 11.7 Å². The van der Waals surface area contributed by atoms with E-state index in [1.54, 1.807) is 0 Å². The standard InChI is InChI=1S/C20H24N2O2/c1-3-20(4-2)14-17(16-12-8-9-13-18(16)24-20)22-19(23)21-15-10-6-5-7-11-15/h5-13,17H,3-4,14H2,1-2H3,(H2,21,22,23)/t17-/m0/s1. The number of nitrogens with one attached hydrogen (secondary N) is 2. The number of carbonyl (C=O) groups excluding carboxylic acids is 1. The van der Waals surface area contributed by atoms with Gasteiger partial charge in [0.05, 0.1) is 6.04 Å². The van der Waals surface area contributed by atoms with Gasteiger partial charge in [0.15, 0.2) is 0 Å². The number of rotatable bonds is 4. The minimum atomic E-state index is -0.223. The Kier molecular flexibility index (Phi) is 4.74. The highest BCUT2D eigenvalue weighted by molar-refractivity contribution is 5.89. The van der Waals surface area contributed by atoms with E-state index in [1.807, 2.05) is 54.6 Å². The highest BCUT2D eigenvalue weighted by atomic mass is 16.5. The molecule has 0 fully saturated rings. The van der Waals surface area contributed by atoms with Gasteiger partial charge in [0.2, 0.25) is 0 Å². The number of benzene rings is 2. The van der Waals surface area contributed by atoms with Crippen LogP contribution in [0, 0.1) is 0 Å². The average Bonchev–Trinajstić information content (AvgIpc) is 2.62. The van der Waals surface area contributed by atoms with Crippen molar-refractivity contribution in [1.82, 2.24) is 5.32 Å². The zero-order valence-corrected chi connectivity index (χ0v) is 14.2. The largest absolute Gasteiger partial charge is 0.487 e. The second-order valence-corrected chi connectivity index (χ2v) is 6.25. The molecule has 0 saturated heterocycles. The highest BCUT2D eigenvalue weighted by Crippen LogP contribution is 2.42. The number of amides is 2. The molecular formula is C20H24N2O2. The second kappa shape index (κ2) is 6.95. The first-order valence-corrected chi connectivity index (χ1v) is 8.56. The zero-order chi connectivity index (χ0) is 17.0. The molecule has 2 aromatic rings. The minimum Gasteiger partial charge on any atom is -0.487 e. The van der Waals surface area contributed by atoms with Crippen molar-refractivity contribution in [3.63, 3.8) is 0 Å². The molecule has 4 nitrogen and oxygen atoms in total. The molecule has 3 rings (SSSR count). The van der Waals surface area contributed by atoms with E-state index in [4.69, 9.17) is 4.74 Å². The van der Waals surface area contributed by atoms with Crippen LogP contribution >= 0.6 is 0 Å². The van der Waals surface area contributed by atoms with Crippen LogP contribution in [0.5, 0.6) is 5.75 Å². The molecule has 126 valence electrons. The van der Waals surface area contributed by atoms with E-state index in [1.165, 1.54) is 0 Å². The van der Waals surface area contributed by atoms with Gasteiger partial charge in [0.25, 0.3) is 0 Å². The van der Waals surface area contributed by atoms with Crippen molar-refractivity contribution in [3.05, 3.63) is 60.2 Å². The Hall–Kier alpha value is -2.49. The Morgan fingerprint density at radius 2 is 1.75 bits per heavy atom. The van der Waals surface area contributed by atoms with E-state index in [9.17, 15) is 4.79 Å². The van der Waals surface area contributed by atoms with Crippen LogP contribution in [0.15, 0.2) is 54.6 Å². The monoisotopic (exact) mass is 324 g/mol. The van der Waals surface area contributed by atoms with Crippen molar-refractivity contribution in [2.75, 3.05) is 5.32 Å². The molecular weight excluding hydrogens is 300 g/mol. The molecule has 0 radical (unpaired) electrons. The molecule has 2 N–H and O–H groups in total. The number of anilines is 1. The van der Waals surface area contributed by atoms with Crippen LogP contribution in [0.4, 0.5) is 10.5 Å². The molecule has 0 spiro atoms. The molecule has 0 unspecified atom stereocenters. The zero-order valence-electron chi connectivity index (χ0n) is 14.2. The first kappa shape index (κ1) is 16.4. The number of urea groups is 1. The molecule has 0 bridgehead atoms. The lowest BCUT2D eigenvalue weighted by atomic mass is 9.83. The molecule has 4 heteroatoms. The van der Waals surface area contributed by atoms with Crippen molar-refractivity contribution in [2.45, 2.75) is 44.8 Å². The molecule has 1 atom stereocenters. The molecule has 24 heavy (non-hydrogen) atoms. The molecule has 0 aliphatic carbocycles. The first-order valence-electron chi connectivity index (χ1n) is 8.56. The summed E-state index contributed by atoms with van der Waals surface area (Å²) in [4.78, 5) is 12.4. The van der Waals surface area contributed by atoms with Crippen molar-refractivity contribution < 1.29 is 9.53 Å². The Morgan fingerprint density at radius 3 is 2.46 bits per heavy atom. The van der Waals surface area contributed by atoms with Gasteiger partial charge in [-0.25, -0.2) is 4.79 Å². The third-order valence-corrected chi connectivity index (χ3v) is 4.82. The van der Waals surface area contributed by atoms with Crippen molar-refractivity contribution in [2.24, 2.45) is 0 Å². The van der Waals surface area contributed by atoms with Gasteiger partial charge in [0, 0.05) is 17.7 Å². The molecule has 1 aliphatic heterocycles. The molecule has 2 amide bonds. The summed E-state index contributed by atoms with van der Waals surface area (Å²) in [6.07, 6.45) is 2.60. The van der Waals surface area contributed by atoms with Crippen LogP contribution in [0.1, 0.15) is 44.7 Å². The van der Waals surface area contributed by atoms with E-state index >= 15 is 0 Å². The van der Waals surface area contributed by atoms with Gasteiger partial charge in [-0.1, -0.05) is 50.2 Å². The summed E-state index contributed by atoms with van der Waals surface area (Å²) in [5.41, 5.74) is 1.60. The van der Waals surface area contributed by atoms with Crippen LogP contribution in [0.25, 0.3) is 0 Å². The maximum atomic E-state index is 12.4. The van der Waals surface area contributed by atoms with Crippen LogP contribution in [0.2, 0.25) is 0 Å². The van der Waals surface area contributed by atoms with Gasteiger partial charge in [-0.3, -0.25) is 0 Å². The maximum absolute atomic E-state index is 12.4. The Balaban J connectivity index is 1.79. The first-order chi connectivity index (χ1) is 11.7. The normalized spacial score (nSPS) is 18.2. The number of ether oxygens (including phenoxy) is 1. The van der Waals surface area contributed by atoms with Crippen molar-refractivity contribution in [3.8, 4) is 5.75 Å². The van der Waals surface area contributed by atoms with Gasteiger partial charge < -0.3 is 15.4 Å². The van der Waals surface area contributed by atoms with E-state index < -0.39 is 0 Å². The lowest BCUT2D eigenvalue weighted by molar-refractivity contribution is 0.0247. The van der Waals surface area contributed by atoms with E-state index in [0.717, 1.165) is 36.3 Å². The fourth-order valence-corrected chi connectivity index (χ4v) is 3.28.